The van der Waals surface area contributed by atoms with Crippen LogP contribution in [0.5, 0.6) is 0 Å². The average molecular weight is 469 g/mol. The van der Waals surface area contributed by atoms with E-state index in [1.54, 1.807) is 6.08 Å². The van der Waals surface area contributed by atoms with Crippen LogP contribution in [0.25, 0.3) is 58.9 Å². The molecule has 7 aromatic rings. The number of fused-ring (bicyclic) bond motifs is 6. The lowest BCUT2D eigenvalue weighted by atomic mass is 10.1. The van der Waals surface area contributed by atoms with Crippen LogP contribution in [-0.2, 0) is 0 Å². The Hall–Kier alpha value is -4.21. The van der Waals surface area contributed by atoms with Crippen LogP contribution in [-0.4, -0.2) is 9.55 Å². The van der Waals surface area contributed by atoms with Gasteiger partial charge < -0.3 is 4.57 Å². The van der Waals surface area contributed by atoms with E-state index in [1.807, 2.05) is 30.5 Å². The number of hydrogen-bond donors (Lipinski definition) is 0. The molecule has 4 aromatic carbocycles. The van der Waals surface area contributed by atoms with Gasteiger partial charge in [0, 0.05) is 37.4 Å². The maximum Gasteiger partial charge on any atom is 0.0963 e. The van der Waals surface area contributed by atoms with E-state index >= 15 is 0 Å². The number of thiophene rings is 1. The quantitative estimate of drug-likeness (QED) is 0.231. The highest BCUT2D eigenvalue weighted by Crippen LogP contribution is 2.40. The molecule has 0 aliphatic carbocycles. The fourth-order valence-electron chi connectivity index (χ4n) is 4.78. The van der Waals surface area contributed by atoms with Crippen LogP contribution in [0.2, 0.25) is 0 Å². The van der Waals surface area contributed by atoms with Gasteiger partial charge in [-0.05, 0) is 60.5 Å². The van der Waals surface area contributed by atoms with Gasteiger partial charge in [0.25, 0.3) is 0 Å². The first-order valence-electron chi connectivity index (χ1n) is 11.7. The SMILES string of the molecule is C=CC.c1ccc(-c2cccc(-n3c4cc5sc6ccccc6c5cc4c4ncccc43)c2)cc1. The molecule has 2 nitrogen and oxygen atoms in total. The zero-order chi connectivity index (χ0) is 23.8. The van der Waals surface area contributed by atoms with E-state index in [1.165, 1.54) is 42.2 Å². The number of hydrogen-bond acceptors (Lipinski definition) is 2. The van der Waals surface area contributed by atoms with Gasteiger partial charge in [-0.1, -0.05) is 66.7 Å². The van der Waals surface area contributed by atoms with E-state index < -0.39 is 0 Å². The Balaban J connectivity index is 0.000000727. The van der Waals surface area contributed by atoms with Gasteiger partial charge in [-0.3, -0.25) is 4.98 Å². The number of nitrogens with zero attached hydrogens (tertiary/aromatic N) is 2. The van der Waals surface area contributed by atoms with Crippen molar-refractivity contribution in [3.63, 3.8) is 0 Å². The van der Waals surface area contributed by atoms with Gasteiger partial charge in [0.1, 0.15) is 0 Å². The molecule has 35 heavy (non-hydrogen) atoms. The maximum atomic E-state index is 4.79. The van der Waals surface area contributed by atoms with Crippen molar-refractivity contribution in [1.82, 2.24) is 9.55 Å². The van der Waals surface area contributed by atoms with E-state index in [4.69, 9.17) is 4.98 Å². The van der Waals surface area contributed by atoms with E-state index in [0.717, 1.165) is 16.7 Å². The Morgan fingerprint density at radius 1 is 0.686 bits per heavy atom. The smallest absolute Gasteiger partial charge is 0.0963 e. The van der Waals surface area contributed by atoms with E-state index in [2.05, 4.69) is 108 Å². The fourth-order valence-corrected chi connectivity index (χ4v) is 5.90. The summed E-state index contributed by atoms with van der Waals surface area (Å²) >= 11 is 1.86. The summed E-state index contributed by atoms with van der Waals surface area (Å²) in [7, 11) is 0. The standard InChI is InChI=1S/C29H18N2S.C3H6/c1-2-8-19(9-3-1)20-10-6-11-21(16-20)31-25-13-7-15-30-29(25)24-17-23-22-12-4-5-14-27(22)32-28(23)18-26(24)31;1-3-2/h1-18H;3H,1H2,2H3. The molecule has 0 unspecified atom stereocenters. The molecule has 3 heteroatoms. The molecule has 0 atom stereocenters. The summed E-state index contributed by atoms with van der Waals surface area (Å²) in [5.74, 6) is 0. The molecular weight excluding hydrogens is 444 g/mol. The van der Waals surface area contributed by atoms with Gasteiger partial charge in [-0.15, -0.1) is 17.9 Å². The van der Waals surface area contributed by atoms with Crippen LogP contribution in [0.1, 0.15) is 6.92 Å². The molecule has 3 heterocycles. The third-order valence-corrected chi connectivity index (χ3v) is 7.36. The summed E-state index contributed by atoms with van der Waals surface area (Å²) in [6.07, 6.45) is 3.64. The Morgan fingerprint density at radius 2 is 1.46 bits per heavy atom. The molecule has 0 fully saturated rings. The van der Waals surface area contributed by atoms with Crippen molar-refractivity contribution in [2.45, 2.75) is 6.92 Å². The number of rotatable bonds is 2. The minimum Gasteiger partial charge on any atom is -0.308 e. The molecule has 0 bridgehead atoms. The minimum atomic E-state index is 1.05. The summed E-state index contributed by atoms with van der Waals surface area (Å²) in [5.41, 5.74) is 6.97. The van der Waals surface area contributed by atoms with Crippen molar-refractivity contribution < 1.29 is 0 Å². The van der Waals surface area contributed by atoms with E-state index in [9.17, 15) is 0 Å². The third kappa shape index (κ3) is 3.61. The zero-order valence-electron chi connectivity index (χ0n) is 19.5. The van der Waals surface area contributed by atoms with Crippen molar-refractivity contribution in [2.24, 2.45) is 0 Å². The second-order valence-electron chi connectivity index (χ2n) is 8.49. The second kappa shape index (κ2) is 8.86. The summed E-state index contributed by atoms with van der Waals surface area (Å²) in [4.78, 5) is 4.79. The molecule has 3 aromatic heterocycles. The Labute approximate surface area is 208 Å². The lowest BCUT2D eigenvalue weighted by molar-refractivity contribution is 1.18. The monoisotopic (exact) mass is 468 g/mol. The second-order valence-corrected chi connectivity index (χ2v) is 9.58. The van der Waals surface area contributed by atoms with Crippen molar-refractivity contribution in [1.29, 1.82) is 0 Å². The molecule has 0 aliphatic heterocycles. The first kappa shape index (κ1) is 21.3. The molecule has 0 spiro atoms. The molecule has 0 saturated carbocycles. The normalized spacial score (nSPS) is 11.1. The highest BCUT2D eigenvalue weighted by atomic mass is 32.1. The van der Waals surface area contributed by atoms with Gasteiger partial charge >= 0.3 is 0 Å². The summed E-state index contributed by atoms with van der Waals surface area (Å²) in [6, 6.07) is 36.9. The van der Waals surface area contributed by atoms with Gasteiger partial charge in [0.15, 0.2) is 0 Å². The molecule has 168 valence electrons. The highest BCUT2D eigenvalue weighted by molar-refractivity contribution is 7.25. The fraction of sp³-hybridized carbons (Fsp3) is 0.0312. The highest BCUT2D eigenvalue weighted by Gasteiger charge is 2.16. The Kier molecular flexibility index (Phi) is 5.40. The molecule has 0 saturated heterocycles. The minimum absolute atomic E-state index is 1.05. The molecule has 0 amide bonds. The lowest BCUT2D eigenvalue weighted by Gasteiger charge is -2.10. The number of pyridine rings is 1. The summed E-state index contributed by atoms with van der Waals surface area (Å²) < 4.78 is 4.99. The predicted molar refractivity (Wildman–Crippen MR) is 153 cm³/mol. The van der Waals surface area contributed by atoms with Crippen LogP contribution in [0.4, 0.5) is 0 Å². The van der Waals surface area contributed by atoms with Crippen molar-refractivity contribution in [3.05, 3.63) is 122 Å². The lowest BCUT2D eigenvalue weighted by Crippen LogP contribution is -1.94. The topological polar surface area (TPSA) is 17.8 Å². The van der Waals surface area contributed by atoms with Crippen LogP contribution in [0, 0.1) is 0 Å². The van der Waals surface area contributed by atoms with Crippen molar-refractivity contribution in [3.8, 4) is 16.8 Å². The first-order valence-corrected chi connectivity index (χ1v) is 12.5. The predicted octanol–water partition coefficient (Wildman–Crippen LogP) is 9.41. The molecule has 0 radical (unpaired) electrons. The largest absolute Gasteiger partial charge is 0.308 e. The van der Waals surface area contributed by atoms with Gasteiger partial charge in [-0.25, -0.2) is 0 Å². The summed E-state index contributed by atoms with van der Waals surface area (Å²) in [6.45, 7) is 5.25. The van der Waals surface area contributed by atoms with Crippen molar-refractivity contribution in [2.75, 3.05) is 0 Å². The number of benzene rings is 4. The number of allylic oxidation sites excluding steroid dienone is 1. The van der Waals surface area contributed by atoms with Crippen LogP contribution in [0.3, 0.4) is 0 Å². The maximum absolute atomic E-state index is 4.79. The Bertz CT molecular complexity index is 1820. The van der Waals surface area contributed by atoms with Gasteiger partial charge in [0.2, 0.25) is 0 Å². The third-order valence-electron chi connectivity index (χ3n) is 6.23. The molecule has 0 N–H and O–H groups in total. The molecule has 7 rings (SSSR count). The summed E-state index contributed by atoms with van der Waals surface area (Å²) in [5, 5.41) is 3.82. The van der Waals surface area contributed by atoms with E-state index in [-0.39, 0.29) is 0 Å². The Morgan fingerprint density at radius 3 is 2.31 bits per heavy atom. The molecular formula is C32H24N2S. The van der Waals surface area contributed by atoms with E-state index in [0.29, 0.717) is 0 Å². The zero-order valence-corrected chi connectivity index (χ0v) is 20.3. The van der Waals surface area contributed by atoms with Crippen LogP contribution < -0.4 is 0 Å². The van der Waals surface area contributed by atoms with Crippen LogP contribution in [0.15, 0.2) is 122 Å². The van der Waals surface area contributed by atoms with Gasteiger partial charge in [-0.2, -0.15) is 0 Å². The van der Waals surface area contributed by atoms with Gasteiger partial charge in [0.05, 0.1) is 16.6 Å². The van der Waals surface area contributed by atoms with Crippen molar-refractivity contribution >= 4 is 53.4 Å². The average Bonchev–Trinajstić information content (AvgIpc) is 3.43. The first-order chi connectivity index (χ1) is 17.3. The number of aromatic nitrogens is 2. The molecule has 0 aliphatic rings. The van der Waals surface area contributed by atoms with Crippen LogP contribution >= 0.6 is 11.3 Å².